The fraction of sp³-hybridized carbons (Fsp3) is 0.346. The highest BCUT2D eigenvalue weighted by Crippen LogP contribution is 2.37. The average Bonchev–Trinajstić information content (AvgIpc) is 2.81. The van der Waals surface area contributed by atoms with Crippen molar-refractivity contribution in [3.05, 3.63) is 68.6 Å². The SMILES string of the molecule is [2H]C([2H])([2H])Oc1cc2c(cc1OC)CCn1c-2c/c(=N\c2c(C)cc(C)cc2C)n(CCNC(N)=O)c1=O. The molecule has 3 aromatic rings. The van der Waals surface area contributed by atoms with Crippen molar-refractivity contribution in [2.75, 3.05) is 20.7 Å². The van der Waals surface area contributed by atoms with Crippen LogP contribution >= 0.6 is 0 Å². The zero-order chi connectivity index (χ0) is 27.8. The fourth-order valence-corrected chi connectivity index (χ4v) is 4.64. The number of urea groups is 1. The smallest absolute Gasteiger partial charge is 0.330 e. The normalized spacial score (nSPS) is 14.3. The van der Waals surface area contributed by atoms with Crippen LogP contribution in [0.25, 0.3) is 11.3 Å². The summed E-state index contributed by atoms with van der Waals surface area (Å²) in [7, 11) is -1.23. The summed E-state index contributed by atoms with van der Waals surface area (Å²) < 4.78 is 36.3. The Hall–Kier alpha value is -4.01. The van der Waals surface area contributed by atoms with Gasteiger partial charge in [0.2, 0.25) is 0 Å². The summed E-state index contributed by atoms with van der Waals surface area (Å²) in [5.74, 6) is 0.355. The number of aryl methyl sites for hydroxylation is 4. The Kier molecular flexibility index (Phi) is 5.64. The van der Waals surface area contributed by atoms with Crippen LogP contribution in [-0.4, -0.2) is 35.9 Å². The molecule has 2 aromatic carbocycles. The minimum atomic E-state index is -2.68. The van der Waals surface area contributed by atoms with Gasteiger partial charge in [0, 0.05) is 31.3 Å². The van der Waals surface area contributed by atoms with Crippen LogP contribution in [0.5, 0.6) is 11.5 Å². The Balaban J connectivity index is 1.97. The Morgan fingerprint density at radius 3 is 2.51 bits per heavy atom. The molecule has 0 atom stereocenters. The van der Waals surface area contributed by atoms with Crippen molar-refractivity contribution in [1.29, 1.82) is 0 Å². The molecule has 0 saturated heterocycles. The van der Waals surface area contributed by atoms with E-state index in [4.69, 9.17) is 24.3 Å². The number of benzene rings is 2. The largest absolute Gasteiger partial charge is 0.493 e. The second kappa shape index (κ2) is 9.69. The first-order valence-corrected chi connectivity index (χ1v) is 11.3. The number of ether oxygens (including phenoxy) is 2. The van der Waals surface area contributed by atoms with Gasteiger partial charge in [-0.25, -0.2) is 14.6 Å². The molecule has 1 aromatic heterocycles. The Bertz CT molecular complexity index is 1520. The van der Waals surface area contributed by atoms with Crippen LogP contribution in [0.4, 0.5) is 10.5 Å². The molecule has 0 aliphatic carbocycles. The minimum absolute atomic E-state index is 0.0539. The lowest BCUT2D eigenvalue weighted by Crippen LogP contribution is -2.44. The van der Waals surface area contributed by atoms with E-state index in [0.29, 0.717) is 35.5 Å². The van der Waals surface area contributed by atoms with Gasteiger partial charge in [0.25, 0.3) is 0 Å². The molecule has 9 nitrogen and oxygen atoms in total. The number of hydrogen-bond acceptors (Lipinski definition) is 5. The molecule has 3 N–H and O–H groups in total. The molecule has 0 bridgehead atoms. The van der Waals surface area contributed by atoms with E-state index in [2.05, 4.69) is 5.32 Å². The standard InChI is InChI=1S/C26H31N5O4/c1-15-10-16(2)24(17(3)11-15)29-23-14-20-19-13-22(35-5)21(34-4)12-18(19)6-8-30(20)26(33)31(23)9-7-28-25(27)32/h10-14H,6-9H2,1-5H3,(H3,27,28,32)/b29-23+/i5D3. The topological polar surface area (TPSA) is 113 Å². The molecule has 0 fully saturated rings. The number of amides is 2. The first kappa shape index (κ1) is 20.4. The summed E-state index contributed by atoms with van der Waals surface area (Å²) in [6.07, 6.45) is 0.527. The van der Waals surface area contributed by atoms with E-state index in [9.17, 15) is 9.59 Å². The molecule has 1 aliphatic heterocycles. The van der Waals surface area contributed by atoms with Gasteiger partial charge in [-0.1, -0.05) is 17.7 Å². The van der Waals surface area contributed by atoms with E-state index in [1.165, 1.54) is 11.7 Å². The van der Waals surface area contributed by atoms with Crippen molar-refractivity contribution in [2.24, 2.45) is 10.7 Å². The summed E-state index contributed by atoms with van der Waals surface area (Å²) in [6.45, 7) is 6.64. The molecule has 0 radical (unpaired) electrons. The molecule has 1 aliphatic rings. The number of hydrogen-bond donors (Lipinski definition) is 2. The summed E-state index contributed by atoms with van der Waals surface area (Å²) >= 11 is 0. The van der Waals surface area contributed by atoms with Crippen LogP contribution < -0.4 is 31.7 Å². The predicted molar refractivity (Wildman–Crippen MR) is 134 cm³/mol. The van der Waals surface area contributed by atoms with Gasteiger partial charge in [0.15, 0.2) is 11.5 Å². The second-order valence-corrected chi connectivity index (χ2v) is 8.64. The Morgan fingerprint density at radius 2 is 1.86 bits per heavy atom. The number of fused-ring (bicyclic) bond motifs is 3. The summed E-state index contributed by atoms with van der Waals surface area (Å²) in [6, 6.07) is 8.50. The maximum atomic E-state index is 13.7. The van der Waals surface area contributed by atoms with Crippen LogP contribution in [0.2, 0.25) is 0 Å². The van der Waals surface area contributed by atoms with Crippen molar-refractivity contribution >= 4 is 11.7 Å². The molecule has 0 unspecified atom stereocenters. The van der Waals surface area contributed by atoms with Crippen molar-refractivity contribution in [2.45, 2.75) is 40.3 Å². The number of nitrogens with one attached hydrogen (secondary N) is 1. The third kappa shape index (κ3) is 4.66. The third-order valence-corrected chi connectivity index (χ3v) is 6.17. The first-order chi connectivity index (χ1) is 17.9. The van der Waals surface area contributed by atoms with E-state index in [1.807, 2.05) is 32.9 Å². The van der Waals surface area contributed by atoms with Crippen LogP contribution in [0.3, 0.4) is 0 Å². The summed E-state index contributed by atoms with van der Waals surface area (Å²) in [5.41, 5.74) is 11.2. The number of nitrogens with zero attached hydrogens (tertiary/aromatic N) is 3. The van der Waals surface area contributed by atoms with Gasteiger partial charge in [-0.05, 0) is 56.0 Å². The van der Waals surface area contributed by atoms with E-state index in [1.54, 1.807) is 22.8 Å². The molecule has 9 heteroatoms. The summed E-state index contributed by atoms with van der Waals surface area (Å²) in [4.78, 5) is 29.9. The zero-order valence-corrected chi connectivity index (χ0v) is 20.3. The highest BCUT2D eigenvalue weighted by molar-refractivity contribution is 5.71. The number of carbonyl (C=O) groups is 1. The van der Waals surface area contributed by atoms with Crippen LogP contribution in [0.1, 0.15) is 26.4 Å². The molecular weight excluding hydrogens is 446 g/mol. The van der Waals surface area contributed by atoms with E-state index in [0.717, 1.165) is 27.9 Å². The van der Waals surface area contributed by atoms with Gasteiger partial charge in [-0.2, -0.15) is 0 Å². The minimum Gasteiger partial charge on any atom is -0.493 e. The summed E-state index contributed by atoms with van der Waals surface area (Å²) in [5, 5.41) is 2.52. The Morgan fingerprint density at radius 1 is 1.14 bits per heavy atom. The van der Waals surface area contributed by atoms with Gasteiger partial charge < -0.3 is 20.5 Å². The lowest BCUT2D eigenvalue weighted by molar-refractivity contribution is 0.248. The van der Waals surface area contributed by atoms with Crippen LogP contribution in [-0.2, 0) is 19.5 Å². The van der Waals surface area contributed by atoms with Gasteiger partial charge >= 0.3 is 11.7 Å². The van der Waals surface area contributed by atoms with Crippen molar-refractivity contribution in [3.8, 4) is 22.8 Å². The average molecular weight is 481 g/mol. The number of nitrogens with two attached hydrogens (primary N) is 1. The van der Waals surface area contributed by atoms with E-state index in [-0.39, 0.29) is 24.5 Å². The molecule has 184 valence electrons. The lowest BCUT2D eigenvalue weighted by Gasteiger charge is -2.24. The van der Waals surface area contributed by atoms with Crippen LogP contribution in [0, 0.1) is 20.8 Å². The number of aromatic nitrogens is 2. The molecule has 0 spiro atoms. The molecule has 4 rings (SSSR count). The molecule has 2 heterocycles. The monoisotopic (exact) mass is 480 g/mol. The van der Waals surface area contributed by atoms with Crippen molar-refractivity contribution in [3.63, 3.8) is 0 Å². The molecule has 35 heavy (non-hydrogen) atoms. The second-order valence-electron chi connectivity index (χ2n) is 8.64. The fourth-order valence-electron chi connectivity index (χ4n) is 4.64. The first-order valence-electron chi connectivity index (χ1n) is 12.8. The molecular formula is C26H31N5O4. The molecule has 0 saturated carbocycles. The van der Waals surface area contributed by atoms with E-state index >= 15 is 0 Å². The number of rotatable bonds is 6. The van der Waals surface area contributed by atoms with Gasteiger partial charge in [0.05, 0.1) is 29.6 Å². The Labute approximate surface area is 208 Å². The number of methoxy groups -OCH3 is 2. The maximum absolute atomic E-state index is 13.7. The third-order valence-electron chi connectivity index (χ3n) is 6.17. The predicted octanol–water partition coefficient (Wildman–Crippen LogP) is 2.72. The quantitative estimate of drug-likeness (QED) is 0.565. The zero-order valence-electron chi connectivity index (χ0n) is 23.3. The van der Waals surface area contributed by atoms with Gasteiger partial charge in [0.1, 0.15) is 5.49 Å². The van der Waals surface area contributed by atoms with E-state index < -0.39 is 13.1 Å². The highest BCUT2D eigenvalue weighted by Gasteiger charge is 2.22. The van der Waals surface area contributed by atoms with Crippen molar-refractivity contribution in [1.82, 2.24) is 14.5 Å². The van der Waals surface area contributed by atoms with Crippen molar-refractivity contribution < 1.29 is 18.4 Å². The maximum Gasteiger partial charge on any atom is 0.330 e. The van der Waals surface area contributed by atoms with Gasteiger partial charge in [-0.15, -0.1) is 0 Å². The lowest BCUT2D eigenvalue weighted by atomic mass is 9.97. The molecule has 2 amide bonds. The highest BCUT2D eigenvalue weighted by atomic mass is 16.5. The van der Waals surface area contributed by atoms with Crippen LogP contribution in [0.15, 0.2) is 40.1 Å². The van der Waals surface area contributed by atoms with Gasteiger partial charge in [-0.3, -0.25) is 9.13 Å². The number of carbonyl (C=O) groups excluding carboxylic acids is 1. The number of primary amides is 1.